The summed E-state index contributed by atoms with van der Waals surface area (Å²) < 4.78 is 0. The van der Waals surface area contributed by atoms with Gasteiger partial charge in [-0.15, -0.1) is 0 Å². The molecule has 2 saturated heterocycles. The number of piperidine rings is 2. The van der Waals surface area contributed by atoms with Gasteiger partial charge in [-0.1, -0.05) is 0 Å². The Morgan fingerprint density at radius 1 is 1.08 bits per heavy atom. The number of rotatable bonds is 1. The molecule has 2 nitrogen and oxygen atoms in total. The highest BCUT2D eigenvalue weighted by Crippen LogP contribution is 2.33. The van der Waals surface area contributed by atoms with E-state index in [0.717, 1.165) is 18.0 Å². The van der Waals surface area contributed by atoms with Crippen LogP contribution >= 0.6 is 0 Å². The molecule has 2 atom stereocenters. The highest BCUT2D eigenvalue weighted by Gasteiger charge is 2.37. The first-order valence-electron chi connectivity index (χ1n) is 5.91. The van der Waals surface area contributed by atoms with Crippen molar-refractivity contribution in [3.8, 4) is 0 Å². The van der Waals surface area contributed by atoms with Crippen LogP contribution in [0.4, 0.5) is 0 Å². The average Bonchev–Trinajstić information content (AvgIpc) is 3.00. The molecular weight excluding hydrogens is 160 g/mol. The van der Waals surface area contributed by atoms with Crippen molar-refractivity contribution in [3.63, 3.8) is 0 Å². The van der Waals surface area contributed by atoms with Crippen molar-refractivity contribution in [2.45, 2.75) is 44.2 Å². The quantitative estimate of drug-likeness (QED) is 0.653. The third kappa shape index (κ3) is 1.62. The van der Waals surface area contributed by atoms with Crippen molar-refractivity contribution in [2.75, 3.05) is 19.6 Å². The largest absolute Gasteiger partial charge is 0.312 e. The Morgan fingerprint density at radius 3 is 2.85 bits per heavy atom. The third-order valence-electron chi connectivity index (χ3n) is 4.01. The van der Waals surface area contributed by atoms with Gasteiger partial charge in [0.1, 0.15) is 0 Å². The predicted molar refractivity (Wildman–Crippen MR) is 53.7 cm³/mol. The predicted octanol–water partition coefficient (Wildman–Crippen LogP) is 1.22. The van der Waals surface area contributed by atoms with E-state index in [1.165, 1.54) is 51.7 Å². The van der Waals surface area contributed by atoms with Gasteiger partial charge in [-0.2, -0.15) is 0 Å². The lowest BCUT2D eigenvalue weighted by Gasteiger charge is -2.42. The molecule has 0 aromatic heterocycles. The van der Waals surface area contributed by atoms with E-state index in [-0.39, 0.29) is 0 Å². The summed E-state index contributed by atoms with van der Waals surface area (Å²) in [7, 11) is 0. The zero-order valence-corrected chi connectivity index (χ0v) is 8.34. The summed E-state index contributed by atoms with van der Waals surface area (Å²) in [5.74, 6) is 1.00. The van der Waals surface area contributed by atoms with Crippen LogP contribution in [0.5, 0.6) is 0 Å². The Hall–Kier alpha value is -0.0800. The molecule has 2 heterocycles. The zero-order chi connectivity index (χ0) is 8.67. The first-order chi connectivity index (χ1) is 6.43. The molecule has 0 aromatic carbocycles. The van der Waals surface area contributed by atoms with Crippen LogP contribution in [-0.2, 0) is 0 Å². The van der Waals surface area contributed by atoms with E-state index in [9.17, 15) is 0 Å². The number of fused-ring (bicyclic) bond motifs is 1. The van der Waals surface area contributed by atoms with Crippen LogP contribution in [0.25, 0.3) is 0 Å². The smallest absolute Gasteiger partial charge is 0.0223 e. The topological polar surface area (TPSA) is 15.3 Å². The van der Waals surface area contributed by atoms with Crippen molar-refractivity contribution < 1.29 is 0 Å². The molecule has 3 rings (SSSR count). The summed E-state index contributed by atoms with van der Waals surface area (Å²) in [5.41, 5.74) is 0. The first-order valence-corrected chi connectivity index (χ1v) is 5.91. The third-order valence-corrected chi connectivity index (χ3v) is 4.01. The van der Waals surface area contributed by atoms with Crippen LogP contribution in [0.1, 0.15) is 32.1 Å². The maximum absolute atomic E-state index is 3.69. The molecule has 0 spiro atoms. The van der Waals surface area contributed by atoms with Crippen molar-refractivity contribution >= 4 is 0 Å². The molecule has 0 amide bonds. The van der Waals surface area contributed by atoms with E-state index < -0.39 is 0 Å². The summed E-state index contributed by atoms with van der Waals surface area (Å²) in [6.07, 6.45) is 7.28. The van der Waals surface area contributed by atoms with Crippen molar-refractivity contribution in [3.05, 3.63) is 0 Å². The number of nitrogens with one attached hydrogen (secondary N) is 1. The maximum atomic E-state index is 3.69. The molecule has 74 valence electrons. The van der Waals surface area contributed by atoms with Gasteiger partial charge in [-0.05, 0) is 51.1 Å². The lowest BCUT2D eigenvalue weighted by molar-refractivity contribution is 0.111. The maximum Gasteiger partial charge on any atom is 0.0223 e. The molecule has 1 saturated carbocycles. The summed E-state index contributed by atoms with van der Waals surface area (Å²) in [5, 5.41) is 3.69. The molecule has 0 aromatic rings. The minimum Gasteiger partial charge on any atom is -0.312 e. The van der Waals surface area contributed by atoms with Crippen LogP contribution < -0.4 is 5.32 Å². The number of hydrogen-bond donors (Lipinski definition) is 1. The van der Waals surface area contributed by atoms with Gasteiger partial charge in [0.2, 0.25) is 0 Å². The fourth-order valence-corrected chi connectivity index (χ4v) is 3.03. The van der Waals surface area contributed by atoms with Gasteiger partial charge >= 0.3 is 0 Å². The fraction of sp³-hybridized carbons (Fsp3) is 1.00. The molecule has 1 N–H and O–H groups in total. The molecule has 13 heavy (non-hydrogen) atoms. The van der Waals surface area contributed by atoms with Crippen LogP contribution in [0.15, 0.2) is 0 Å². The lowest BCUT2D eigenvalue weighted by atomic mass is 9.85. The molecule has 3 fully saturated rings. The van der Waals surface area contributed by atoms with Gasteiger partial charge in [0.05, 0.1) is 0 Å². The van der Waals surface area contributed by atoms with E-state index in [0.29, 0.717) is 0 Å². The van der Waals surface area contributed by atoms with E-state index >= 15 is 0 Å². The number of likely N-dealkylation sites (tertiary alicyclic amines) is 1. The van der Waals surface area contributed by atoms with Gasteiger partial charge in [0, 0.05) is 18.6 Å². The SMILES string of the molecule is C1CNC2CN(C3CC3)CCC2C1. The Labute approximate surface area is 80.7 Å². The molecule has 2 unspecified atom stereocenters. The zero-order valence-electron chi connectivity index (χ0n) is 8.34. The fourth-order valence-electron chi connectivity index (χ4n) is 3.03. The van der Waals surface area contributed by atoms with E-state index in [4.69, 9.17) is 0 Å². The average molecular weight is 180 g/mol. The minimum absolute atomic E-state index is 0.836. The van der Waals surface area contributed by atoms with Crippen molar-refractivity contribution in [1.82, 2.24) is 10.2 Å². The van der Waals surface area contributed by atoms with E-state index in [2.05, 4.69) is 10.2 Å². The van der Waals surface area contributed by atoms with Gasteiger partial charge < -0.3 is 5.32 Å². The van der Waals surface area contributed by atoms with Crippen LogP contribution in [0.3, 0.4) is 0 Å². The molecule has 0 bridgehead atoms. The number of hydrogen-bond acceptors (Lipinski definition) is 2. The Kier molecular flexibility index (Phi) is 2.06. The molecule has 1 aliphatic carbocycles. The second kappa shape index (κ2) is 3.25. The van der Waals surface area contributed by atoms with Gasteiger partial charge in [0.25, 0.3) is 0 Å². The Bertz CT molecular complexity index is 189. The van der Waals surface area contributed by atoms with Gasteiger partial charge in [-0.25, -0.2) is 0 Å². The first kappa shape index (κ1) is 8.25. The lowest BCUT2D eigenvalue weighted by Crippen LogP contribution is -2.53. The second-order valence-electron chi connectivity index (χ2n) is 4.98. The number of nitrogens with zero attached hydrogens (tertiary/aromatic N) is 1. The monoisotopic (exact) mass is 180 g/mol. The van der Waals surface area contributed by atoms with Crippen LogP contribution in [0, 0.1) is 5.92 Å². The Balaban J connectivity index is 1.62. The standard InChI is InChI=1S/C11H20N2/c1-2-9-5-7-13(10-3-4-10)8-11(9)12-6-1/h9-12H,1-8H2. The van der Waals surface area contributed by atoms with Crippen LogP contribution in [-0.4, -0.2) is 36.6 Å². The van der Waals surface area contributed by atoms with Crippen molar-refractivity contribution in [2.24, 2.45) is 5.92 Å². The molecular formula is C11H20N2. The normalized spacial score (nSPS) is 41.5. The van der Waals surface area contributed by atoms with Gasteiger partial charge in [-0.3, -0.25) is 4.90 Å². The highest BCUT2D eigenvalue weighted by atomic mass is 15.2. The summed E-state index contributed by atoms with van der Waals surface area (Å²) in [4.78, 5) is 2.72. The second-order valence-corrected chi connectivity index (χ2v) is 4.98. The van der Waals surface area contributed by atoms with E-state index in [1.807, 2.05) is 0 Å². The molecule has 3 aliphatic rings. The highest BCUT2D eigenvalue weighted by molar-refractivity contribution is 4.94. The van der Waals surface area contributed by atoms with E-state index in [1.54, 1.807) is 0 Å². The molecule has 0 radical (unpaired) electrons. The van der Waals surface area contributed by atoms with Gasteiger partial charge in [0.15, 0.2) is 0 Å². The minimum atomic E-state index is 0.836. The summed E-state index contributed by atoms with van der Waals surface area (Å²) >= 11 is 0. The van der Waals surface area contributed by atoms with Crippen molar-refractivity contribution in [1.29, 1.82) is 0 Å². The van der Waals surface area contributed by atoms with Crippen LogP contribution in [0.2, 0.25) is 0 Å². The Morgan fingerprint density at radius 2 is 2.00 bits per heavy atom. The summed E-state index contributed by atoms with van der Waals surface area (Å²) in [6.45, 7) is 3.99. The molecule has 2 heteroatoms. The summed E-state index contributed by atoms with van der Waals surface area (Å²) in [6, 6.07) is 1.81. The molecule has 2 aliphatic heterocycles.